The zero-order valence-corrected chi connectivity index (χ0v) is 12.0. The predicted molar refractivity (Wildman–Crippen MR) is 68.7 cm³/mol. The van der Waals surface area contributed by atoms with Gasteiger partial charge in [-0.1, -0.05) is 6.92 Å². The van der Waals surface area contributed by atoms with E-state index in [9.17, 15) is 13.2 Å². The monoisotopic (exact) mass is 278 g/mol. The average molecular weight is 278 g/mol. The summed E-state index contributed by atoms with van der Waals surface area (Å²) in [4.78, 5) is 11.4. The van der Waals surface area contributed by atoms with Gasteiger partial charge in [0, 0.05) is 12.6 Å². The molecule has 1 N–H and O–H groups in total. The van der Waals surface area contributed by atoms with Crippen LogP contribution >= 0.6 is 0 Å². The minimum atomic E-state index is -3.63. The van der Waals surface area contributed by atoms with E-state index in [1.807, 2.05) is 0 Å². The van der Waals surface area contributed by atoms with Crippen LogP contribution in [0.25, 0.3) is 0 Å². The highest BCUT2D eigenvalue weighted by atomic mass is 32.2. The van der Waals surface area contributed by atoms with Gasteiger partial charge in [0.05, 0.1) is 7.11 Å². The first-order valence-electron chi connectivity index (χ1n) is 6.24. The van der Waals surface area contributed by atoms with E-state index in [0.29, 0.717) is 6.54 Å². The second-order valence-electron chi connectivity index (χ2n) is 4.39. The summed E-state index contributed by atoms with van der Waals surface area (Å²) in [7, 11) is -2.43. The molecule has 18 heavy (non-hydrogen) atoms. The first-order chi connectivity index (χ1) is 8.45. The Morgan fingerprint density at radius 3 is 2.44 bits per heavy atom. The van der Waals surface area contributed by atoms with Gasteiger partial charge in [0.2, 0.25) is 10.0 Å². The van der Waals surface area contributed by atoms with Gasteiger partial charge in [0.25, 0.3) is 0 Å². The molecule has 106 valence electrons. The minimum Gasteiger partial charge on any atom is -0.468 e. The van der Waals surface area contributed by atoms with E-state index in [1.54, 1.807) is 6.92 Å². The summed E-state index contributed by atoms with van der Waals surface area (Å²) in [6.07, 6.45) is 1.56. The van der Waals surface area contributed by atoms with Gasteiger partial charge in [-0.05, 0) is 32.9 Å². The Hall–Kier alpha value is -0.660. The fourth-order valence-corrected chi connectivity index (χ4v) is 3.96. The highest BCUT2D eigenvalue weighted by Gasteiger charge is 2.37. The summed E-state index contributed by atoms with van der Waals surface area (Å²) in [6.45, 7) is 5.18. The summed E-state index contributed by atoms with van der Waals surface area (Å²) in [5, 5.41) is 2.05. The van der Waals surface area contributed by atoms with Crippen molar-refractivity contribution < 1.29 is 17.9 Å². The largest absolute Gasteiger partial charge is 0.468 e. The lowest BCUT2D eigenvalue weighted by Gasteiger charge is -2.34. The molecule has 0 aromatic rings. The van der Waals surface area contributed by atoms with E-state index in [-0.39, 0.29) is 6.04 Å². The second kappa shape index (κ2) is 6.49. The molecular weight excluding hydrogens is 256 g/mol. The minimum absolute atomic E-state index is 0.0200. The molecule has 1 rings (SSSR count). The van der Waals surface area contributed by atoms with Crippen LogP contribution in [0, 0.1) is 0 Å². The predicted octanol–water partition coefficient (Wildman–Crippen LogP) is -0.0484. The van der Waals surface area contributed by atoms with Crippen LogP contribution in [0.3, 0.4) is 0 Å². The van der Waals surface area contributed by atoms with Crippen molar-refractivity contribution in [3.8, 4) is 0 Å². The van der Waals surface area contributed by atoms with Crippen LogP contribution in [-0.2, 0) is 19.6 Å². The van der Waals surface area contributed by atoms with Crippen LogP contribution in [0.5, 0.6) is 0 Å². The van der Waals surface area contributed by atoms with Gasteiger partial charge in [-0.15, -0.1) is 0 Å². The van der Waals surface area contributed by atoms with E-state index in [1.165, 1.54) is 18.3 Å². The molecule has 0 aromatic carbocycles. The number of nitrogens with zero attached hydrogens (tertiary/aromatic N) is 1. The summed E-state index contributed by atoms with van der Waals surface area (Å²) in [5.41, 5.74) is 0. The summed E-state index contributed by atoms with van der Waals surface area (Å²) in [6, 6.07) is -0.0200. The number of esters is 1. The third kappa shape index (κ3) is 3.21. The van der Waals surface area contributed by atoms with E-state index in [2.05, 4.69) is 10.1 Å². The highest BCUT2D eigenvalue weighted by molar-refractivity contribution is 7.90. The summed E-state index contributed by atoms with van der Waals surface area (Å²) < 4.78 is 30.7. The van der Waals surface area contributed by atoms with Crippen molar-refractivity contribution in [3.05, 3.63) is 0 Å². The first kappa shape index (κ1) is 15.4. The van der Waals surface area contributed by atoms with E-state index < -0.39 is 21.2 Å². The summed E-state index contributed by atoms with van der Waals surface area (Å²) in [5.74, 6) is -0.706. The molecule has 0 spiro atoms. The molecule has 1 fully saturated rings. The Kier molecular flexibility index (Phi) is 5.55. The fourth-order valence-electron chi connectivity index (χ4n) is 2.23. The SMILES string of the molecule is CCN(C1CCNCC1)S(=O)(=O)C(C)C(=O)OC. The lowest BCUT2D eigenvalue weighted by molar-refractivity contribution is -0.139. The van der Waals surface area contributed by atoms with Gasteiger partial charge >= 0.3 is 5.97 Å². The third-order valence-corrected chi connectivity index (χ3v) is 5.63. The Bertz CT molecular complexity index is 377. The number of nitrogens with one attached hydrogen (secondary N) is 1. The molecule has 0 aromatic heterocycles. The van der Waals surface area contributed by atoms with Crippen LogP contribution in [-0.4, -0.2) is 56.7 Å². The van der Waals surface area contributed by atoms with E-state index >= 15 is 0 Å². The number of hydrogen-bond acceptors (Lipinski definition) is 5. The van der Waals surface area contributed by atoms with Crippen molar-refractivity contribution in [2.45, 2.75) is 38.0 Å². The zero-order valence-electron chi connectivity index (χ0n) is 11.2. The quantitative estimate of drug-likeness (QED) is 0.714. The molecular formula is C11H22N2O4S. The third-order valence-electron chi connectivity index (χ3n) is 3.33. The fraction of sp³-hybridized carbons (Fsp3) is 0.909. The maximum atomic E-state index is 12.4. The van der Waals surface area contributed by atoms with Crippen molar-refractivity contribution in [2.24, 2.45) is 0 Å². The number of ether oxygens (including phenoxy) is 1. The first-order valence-corrected chi connectivity index (χ1v) is 7.74. The normalized spacial score (nSPS) is 19.8. The molecule has 7 heteroatoms. The molecule has 0 amide bonds. The second-order valence-corrected chi connectivity index (χ2v) is 6.60. The van der Waals surface area contributed by atoms with Crippen LogP contribution in [0.15, 0.2) is 0 Å². The molecule has 6 nitrogen and oxygen atoms in total. The van der Waals surface area contributed by atoms with Crippen LogP contribution in [0.2, 0.25) is 0 Å². The molecule has 1 unspecified atom stereocenters. The Morgan fingerprint density at radius 1 is 1.44 bits per heavy atom. The van der Waals surface area contributed by atoms with E-state index in [0.717, 1.165) is 25.9 Å². The van der Waals surface area contributed by atoms with E-state index in [4.69, 9.17) is 0 Å². The number of hydrogen-bond donors (Lipinski definition) is 1. The zero-order chi connectivity index (χ0) is 13.8. The molecule has 1 aliphatic heterocycles. The maximum absolute atomic E-state index is 12.4. The van der Waals surface area contributed by atoms with Crippen LogP contribution in [0.1, 0.15) is 26.7 Å². The molecule has 0 saturated carbocycles. The molecule has 0 radical (unpaired) electrons. The van der Waals surface area contributed by atoms with Gasteiger partial charge in [-0.3, -0.25) is 4.79 Å². The number of methoxy groups -OCH3 is 1. The van der Waals surface area contributed by atoms with Gasteiger partial charge in [0.15, 0.2) is 5.25 Å². The molecule has 0 aliphatic carbocycles. The number of carbonyl (C=O) groups is 1. The van der Waals surface area contributed by atoms with Crippen molar-refractivity contribution in [2.75, 3.05) is 26.7 Å². The lowest BCUT2D eigenvalue weighted by Crippen LogP contribution is -2.50. The topological polar surface area (TPSA) is 75.7 Å². The standard InChI is InChI=1S/C11H22N2O4S/c1-4-13(10-5-7-12-8-6-10)18(15,16)9(2)11(14)17-3/h9-10,12H,4-8H2,1-3H3. The molecule has 1 heterocycles. The Labute approximate surface area is 109 Å². The molecule has 0 bridgehead atoms. The van der Waals surface area contributed by atoms with Crippen molar-refractivity contribution in [1.29, 1.82) is 0 Å². The highest BCUT2D eigenvalue weighted by Crippen LogP contribution is 2.19. The smallest absolute Gasteiger partial charge is 0.325 e. The molecule has 1 aliphatic rings. The average Bonchev–Trinajstić information content (AvgIpc) is 2.38. The number of carbonyl (C=O) groups excluding carboxylic acids is 1. The summed E-state index contributed by atoms with van der Waals surface area (Å²) >= 11 is 0. The van der Waals surface area contributed by atoms with Gasteiger partial charge < -0.3 is 10.1 Å². The van der Waals surface area contributed by atoms with Gasteiger partial charge in [0.1, 0.15) is 0 Å². The Morgan fingerprint density at radius 2 is 2.00 bits per heavy atom. The van der Waals surface area contributed by atoms with Crippen LogP contribution in [0.4, 0.5) is 0 Å². The van der Waals surface area contributed by atoms with Gasteiger partial charge in [-0.2, -0.15) is 4.31 Å². The number of sulfonamides is 1. The Balaban J connectivity index is 2.88. The molecule has 1 atom stereocenters. The van der Waals surface area contributed by atoms with Crippen molar-refractivity contribution in [3.63, 3.8) is 0 Å². The number of piperidine rings is 1. The van der Waals surface area contributed by atoms with Gasteiger partial charge in [-0.25, -0.2) is 8.42 Å². The maximum Gasteiger partial charge on any atom is 0.325 e. The van der Waals surface area contributed by atoms with Crippen LogP contribution < -0.4 is 5.32 Å². The molecule has 1 saturated heterocycles. The van der Waals surface area contributed by atoms with Crippen molar-refractivity contribution >= 4 is 16.0 Å². The van der Waals surface area contributed by atoms with Crippen molar-refractivity contribution in [1.82, 2.24) is 9.62 Å². The lowest BCUT2D eigenvalue weighted by atomic mass is 10.1. The number of rotatable bonds is 5.